The maximum atomic E-state index is 12.3. The smallest absolute Gasteiger partial charge is 0.252 e. The minimum absolute atomic E-state index is 0.164. The Balaban J connectivity index is 1.50. The van der Waals surface area contributed by atoms with Gasteiger partial charge in [0.15, 0.2) is 5.65 Å². The Morgan fingerprint density at radius 3 is 2.84 bits per heavy atom. The quantitative estimate of drug-likeness (QED) is 0.586. The number of fused-ring (bicyclic) bond motifs is 1. The number of amides is 1. The van der Waals surface area contributed by atoms with Crippen molar-refractivity contribution in [2.75, 3.05) is 6.54 Å². The Labute approximate surface area is 143 Å². The molecule has 0 aliphatic heterocycles. The van der Waals surface area contributed by atoms with E-state index in [9.17, 15) is 4.79 Å². The number of aromatic amines is 1. The fourth-order valence-electron chi connectivity index (χ4n) is 2.64. The molecule has 25 heavy (non-hydrogen) atoms. The van der Waals surface area contributed by atoms with Crippen molar-refractivity contribution in [2.45, 2.75) is 6.42 Å². The van der Waals surface area contributed by atoms with Crippen molar-refractivity contribution >= 4 is 17.1 Å². The highest BCUT2D eigenvalue weighted by Crippen LogP contribution is 2.17. The standard InChI is InChI=1S/C18H16N6O/c25-18(19-8-6-14-7-9-22-23-14)13-10-16-17(20-11-13)24(12-21-16)15-4-2-1-3-5-15/h1-5,7,9-12H,6,8H2,(H,19,25)(H,22,23). The highest BCUT2D eigenvalue weighted by molar-refractivity contribution is 5.96. The molecule has 4 rings (SSSR count). The minimum atomic E-state index is -0.164. The second-order valence-corrected chi connectivity index (χ2v) is 5.60. The van der Waals surface area contributed by atoms with Gasteiger partial charge in [0.1, 0.15) is 11.8 Å². The molecule has 1 amide bonds. The van der Waals surface area contributed by atoms with E-state index in [0.717, 1.165) is 17.0 Å². The lowest BCUT2D eigenvalue weighted by atomic mass is 10.2. The van der Waals surface area contributed by atoms with Gasteiger partial charge in [-0.15, -0.1) is 0 Å². The Bertz CT molecular complexity index is 991. The molecule has 0 radical (unpaired) electrons. The van der Waals surface area contributed by atoms with Crippen LogP contribution >= 0.6 is 0 Å². The van der Waals surface area contributed by atoms with Crippen LogP contribution in [0.25, 0.3) is 16.9 Å². The number of para-hydroxylation sites is 1. The average Bonchev–Trinajstić information content (AvgIpc) is 3.31. The van der Waals surface area contributed by atoms with Crippen molar-refractivity contribution in [1.82, 2.24) is 30.0 Å². The largest absolute Gasteiger partial charge is 0.352 e. The van der Waals surface area contributed by atoms with Crippen molar-refractivity contribution in [1.29, 1.82) is 0 Å². The number of pyridine rings is 1. The summed E-state index contributed by atoms with van der Waals surface area (Å²) in [5.74, 6) is -0.164. The van der Waals surface area contributed by atoms with Crippen molar-refractivity contribution in [3.8, 4) is 5.69 Å². The Morgan fingerprint density at radius 2 is 2.04 bits per heavy atom. The van der Waals surface area contributed by atoms with Gasteiger partial charge in [-0.25, -0.2) is 9.97 Å². The molecule has 0 spiro atoms. The molecule has 7 nitrogen and oxygen atoms in total. The number of rotatable bonds is 5. The lowest BCUT2D eigenvalue weighted by Gasteiger charge is -2.05. The first kappa shape index (κ1) is 15.1. The van der Waals surface area contributed by atoms with Crippen LogP contribution in [0, 0.1) is 0 Å². The van der Waals surface area contributed by atoms with Crippen LogP contribution in [0.1, 0.15) is 16.1 Å². The number of carbonyl (C=O) groups is 1. The van der Waals surface area contributed by atoms with Gasteiger partial charge in [-0.1, -0.05) is 18.2 Å². The van der Waals surface area contributed by atoms with Gasteiger partial charge in [-0.05, 0) is 24.3 Å². The zero-order valence-corrected chi connectivity index (χ0v) is 13.4. The van der Waals surface area contributed by atoms with Crippen LogP contribution in [0.15, 0.2) is 61.2 Å². The number of nitrogens with one attached hydrogen (secondary N) is 2. The summed E-state index contributed by atoms with van der Waals surface area (Å²) in [7, 11) is 0. The maximum absolute atomic E-state index is 12.3. The molecule has 2 N–H and O–H groups in total. The highest BCUT2D eigenvalue weighted by atomic mass is 16.1. The first-order valence-electron chi connectivity index (χ1n) is 7.96. The Kier molecular flexibility index (Phi) is 3.96. The second kappa shape index (κ2) is 6.56. The van der Waals surface area contributed by atoms with Crippen LogP contribution in [0.2, 0.25) is 0 Å². The van der Waals surface area contributed by atoms with E-state index in [4.69, 9.17) is 0 Å². The third-order valence-corrected chi connectivity index (χ3v) is 3.92. The number of nitrogens with zero attached hydrogens (tertiary/aromatic N) is 4. The summed E-state index contributed by atoms with van der Waals surface area (Å²) < 4.78 is 1.90. The van der Waals surface area contributed by atoms with Crippen molar-refractivity contribution < 1.29 is 4.79 Å². The SMILES string of the molecule is O=C(NCCc1ccn[nH]1)c1cnc2c(c1)ncn2-c1ccccc1. The summed E-state index contributed by atoms with van der Waals surface area (Å²) in [5, 5.41) is 9.63. The second-order valence-electron chi connectivity index (χ2n) is 5.60. The summed E-state index contributed by atoms with van der Waals surface area (Å²) in [6.45, 7) is 0.525. The molecule has 0 saturated carbocycles. The Morgan fingerprint density at radius 1 is 1.16 bits per heavy atom. The number of aromatic nitrogens is 5. The van der Waals surface area contributed by atoms with Gasteiger partial charge < -0.3 is 5.32 Å². The predicted molar refractivity (Wildman–Crippen MR) is 93.5 cm³/mol. The molecule has 3 aromatic heterocycles. The zero-order chi connectivity index (χ0) is 17.1. The number of benzene rings is 1. The molecule has 0 atom stereocenters. The van der Waals surface area contributed by atoms with Crippen LogP contribution in [0.5, 0.6) is 0 Å². The van der Waals surface area contributed by atoms with E-state index in [-0.39, 0.29) is 5.91 Å². The molecule has 7 heteroatoms. The van der Waals surface area contributed by atoms with Gasteiger partial charge in [0.25, 0.3) is 5.91 Å². The first-order valence-corrected chi connectivity index (χ1v) is 7.96. The maximum Gasteiger partial charge on any atom is 0.252 e. The molecule has 4 aromatic rings. The monoisotopic (exact) mass is 332 g/mol. The Hall–Kier alpha value is -3.48. The molecule has 0 aliphatic rings. The fraction of sp³-hybridized carbons (Fsp3) is 0.111. The van der Waals surface area contributed by atoms with Crippen molar-refractivity contribution in [3.63, 3.8) is 0 Å². The summed E-state index contributed by atoms with van der Waals surface area (Å²) in [6.07, 6.45) is 5.68. The van der Waals surface area contributed by atoms with Crippen LogP contribution < -0.4 is 5.32 Å². The minimum Gasteiger partial charge on any atom is -0.352 e. The fourth-order valence-corrected chi connectivity index (χ4v) is 2.64. The van der Waals surface area contributed by atoms with E-state index in [1.165, 1.54) is 0 Å². The lowest BCUT2D eigenvalue weighted by Crippen LogP contribution is -2.25. The van der Waals surface area contributed by atoms with Gasteiger partial charge in [0, 0.05) is 36.7 Å². The van der Waals surface area contributed by atoms with E-state index < -0.39 is 0 Å². The molecule has 0 unspecified atom stereocenters. The zero-order valence-electron chi connectivity index (χ0n) is 13.4. The molecule has 0 aliphatic carbocycles. The van der Waals surface area contributed by atoms with Crippen molar-refractivity contribution in [2.24, 2.45) is 0 Å². The molecule has 124 valence electrons. The normalized spacial score (nSPS) is 10.9. The summed E-state index contributed by atoms with van der Waals surface area (Å²) >= 11 is 0. The van der Waals surface area contributed by atoms with E-state index in [1.54, 1.807) is 24.8 Å². The van der Waals surface area contributed by atoms with Gasteiger partial charge in [-0.3, -0.25) is 14.5 Å². The average molecular weight is 332 g/mol. The molecular formula is C18H16N6O. The summed E-state index contributed by atoms with van der Waals surface area (Å²) in [6, 6.07) is 13.5. The van der Waals surface area contributed by atoms with Crippen LogP contribution in [-0.2, 0) is 6.42 Å². The summed E-state index contributed by atoms with van der Waals surface area (Å²) in [4.78, 5) is 21.1. The molecule has 3 heterocycles. The van der Waals surface area contributed by atoms with E-state index in [2.05, 4.69) is 25.5 Å². The molecule has 0 fully saturated rings. The molecular weight excluding hydrogens is 316 g/mol. The van der Waals surface area contributed by atoms with E-state index in [1.807, 2.05) is 41.0 Å². The highest BCUT2D eigenvalue weighted by Gasteiger charge is 2.11. The van der Waals surface area contributed by atoms with Gasteiger partial charge in [0.2, 0.25) is 0 Å². The lowest BCUT2D eigenvalue weighted by molar-refractivity contribution is 0.0954. The molecule has 1 aromatic carbocycles. The third-order valence-electron chi connectivity index (χ3n) is 3.92. The van der Waals surface area contributed by atoms with Gasteiger partial charge >= 0.3 is 0 Å². The first-order chi connectivity index (χ1) is 12.3. The molecule has 0 saturated heterocycles. The van der Waals surface area contributed by atoms with Gasteiger partial charge in [0.05, 0.1) is 5.56 Å². The van der Waals surface area contributed by atoms with E-state index in [0.29, 0.717) is 24.0 Å². The number of hydrogen-bond acceptors (Lipinski definition) is 4. The summed E-state index contributed by atoms with van der Waals surface area (Å²) in [5.41, 5.74) is 3.87. The number of H-pyrrole nitrogens is 1. The number of hydrogen-bond donors (Lipinski definition) is 2. The van der Waals surface area contributed by atoms with Crippen LogP contribution in [-0.4, -0.2) is 37.2 Å². The topological polar surface area (TPSA) is 88.5 Å². The predicted octanol–water partition coefficient (Wildman–Crippen LogP) is 2.12. The van der Waals surface area contributed by atoms with Crippen LogP contribution in [0.3, 0.4) is 0 Å². The third kappa shape index (κ3) is 3.12. The van der Waals surface area contributed by atoms with Crippen molar-refractivity contribution in [3.05, 3.63) is 72.4 Å². The van der Waals surface area contributed by atoms with Gasteiger partial charge in [-0.2, -0.15) is 5.10 Å². The molecule has 0 bridgehead atoms. The number of carbonyl (C=O) groups excluding carboxylic acids is 1. The van der Waals surface area contributed by atoms with Crippen LogP contribution in [0.4, 0.5) is 0 Å². The number of imidazole rings is 1. The van der Waals surface area contributed by atoms with E-state index >= 15 is 0 Å².